The normalized spacial score (nSPS) is 24.8. The number of pyridine rings is 1. The first-order valence-corrected chi connectivity index (χ1v) is 5.63. The van der Waals surface area contributed by atoms with Crippen LogP contribution in [0.2, 0.25) is 0 Å². The molecule has 1 amide bonds. The third-order valence-corrected chi connectivity index (χ3v) is 3.18. The molecule has 1 aromatic heterocycles. The predicted molar refractivity (Wildman–Crippen MR) is 61.9 cm³/mol. The van der Waals surface area contributed by atoms with Gasteiger partial charge in [0, 0.05) is 30.5 Å². The second-order valence-corrected chi connectivity index (χ2v) is 4.38. The molecule has 0 bridgehead atoms. The molecule has 1 fully saturated rings. The molecule has 0 saturated carbocycles. The molecule has 0 spiro atoms. The molecule has 2 N–H and O–H groups in total. The number of hydrogen-bond acceptors (Lipinski definition) is 3. The average Bonchev–Trinajstić information content (AvgIpc) is 2.71. The monoisotopic (exact) mass is 219 g/mol. The van der Waals surface area contributed by atoms with Gasteiger partial charge in [-0.05, 0) is 37.9 Å². The van der Waals surface area contributed by atoms with E-state index in [1.54, 1.807) is 24.5 Å². The Morgan fingerprint density at radius 1 is 1.56 bits per heavy atom. The van der Waals surface area contributed by atoms with Gasteiger partial charge in [0.25, 0.3) is 5.91 Å². The van der Waals surface area contributed by atoms with Gasteiger partial charge in [-0.3, -0.25) is 9.78 Å². The first-order chi connectivity index (χ1) is 7.72. The van der Waals surface area contributed by atoms with Crippen molar-refractivity contribution < 1.29 is 4.79 Å². The van der Waals surface area contributed by atoms with Crippen molar-refractivity contribution in [2.24, 2.45) is 11.7 Å². The lowest BCUT2D eigenvalue weighted by Crippen LogP contribution is -2.34. The first-order valence-electron chi connectivity index (χ1n) is 5.63. The van der Waals surface area contributed by atoms with Crippen molar-refractivity contribution in [1.29, 1.82) is 0 Å². The van der Waals surface area contributed by atoms with Gasteiger partial charge >= 0.3 is 0 Å². The zero-order valence-corrected chi connectivity index (χ0v) is 9.47. The fourth-order valence-corrected chi connectivity index (χ4v) is 2.26. The van der Waals surface area contributed by atoms with Crippen LogP contribution in [0.25, 0.3) is 0 Å². The van der Waals surface area contributed by atoms with E-state index in [9.17, 15) is 4.79 Å². The Kier molecular flexibility index (Phi) is 3.19. The molecule has 16 heavy (non-hydrogen) atoms. The van der Waals surface area contributed by atoms with Crippen LogP contribution < -0.4 is 5.73 Å². The van der Waals surface area contributed by atoms with Crippen molar-refractivity contribution in [1.82, 2.24) is 9.88 Å². The maximum Gasteiger partial charge on any atom is 0.254 e. The summed E-state index contributed by atoms with van der Waals surface area (Å²) in [6.45, 7) is 3.51. The number of aromatic nitrogens is 1. The van der Waals surface area contributed by atoms with Crippen LogP contribution in [0.5, 0.6) is 0 Å². The number of nitrogens with zero attached hydrogens (tertiary/aromatic N) is 2. The summed E-state index contributed by atoms with van der Waals surface area (Å²) in [5.41, 5.74) is 6.36. The summed E-state index contributed by atoms with van der Waals surface area (Å²) in [5, 5.41) is 0. The van der Waals surface area contributed by atoms with Crippen LogP contribution in [0, 0.1) is 5.92 Å². The third kappa shape index (κ3) is 2.07. The second-order valence-electron chi connectivity index (χ2n) is 4.38. The summed E-state index contributed by atoms with van der Waals surface area (Å²) >= 11 is 0. The molecule has 86 valence electrons. The molecule has 2 atom stereocenters. The van der Waals surface area contributed by atoms with Crippen LogP contribution in [0.3, 0.4) is 0 Å². The van der Waals surface area contributed by atoms with Gasteiger partial charge in [-0.25, -0.2) is 0 Å². The van der Waals surface area contributed by atoms with E-state index < -0.39 is 0 Å². The van der Waals surface area contributed by atoms with Crippen molar-refractivity contribution in [2.45, 2.75) is 19.4 Å². The molecule has 0 aromatic carbocycles. The topological polar surface area (TPSA) is 59.2 Å². The second kappa shape index (κ2) is 4.61. The fourth-order valence-electron chi connectivity index (χ4n) is 2.26. The molecule has 2 rings (SSSR count). The molecule has 0 radical (unpaired) electrons. The van der Waals surface area contributed by atoms with Gasteiger partial charge in [0.2, 0.25) is 0 Å². The van der Waals surface area contributed by atoms with E-state index in [-0.39, 0.29) is 11.9 Å². The molecule has 1 saturated heterocycles. The molecule has 2 heterocycles. The number of amides is 1. The highest BCUT2D eigenvalue weighted by Crippen LogP contribution is 2.23. The van der Waals surface area contributed by atoms with Gasteiger partial charge < -0.3 is 10.6 Å². The summed E-state index contributed by atoms with van der Waals surface area (Å²) in [4.78, 5) is 18.0. The molecule has 4 heteroatoms. The van der Waals surface area contributed by atoms with E-state index in [0.717, 1.165) is 13.0 Å². The van der Waals surface area contributed by atoms with Crippen LogP contribution in [0.15, 0.2) is 24.5 Å². The fraction of sp³-hybridized carbons (Fsp3) is 0.500. The number of likely N-dealkylation sites (tertiary alicyclic amines) is 1. The minimum absolute atomic E-state index is 0.0888. The smallest absolute Gasteiger partial charge is 0.254 e. The van der Waals surface area contributed by atoms with Crippen molar-refractivity contribution in [3.8, 4) is 0 Å². The van der Waals surface area contributed by atoms with Crippen LogP contribution in [0.4, 0.5) is 0 Å². The van der Waals surface area contributed by atoms with Crippen molar-refractivity contribution in [2.75, 3.05) is 13.1 Å². The Morgan fingerprint density at radius 2 is 2.25 bits per heavy atom. The van der Waals surface area contributed by atoms with Gasteiger partial charge in [-0.1, -0.05) is 0 Å². The zero-order chi connectivity index (χ0) is 11.5. The molecular weight excluding hydrogens is 202 g/mol. The van der Waals surface area contributed by atoms with E-state index in [2.05, 4.69) is 11.9 Å². The number of hydrogen-bond donors (Lipinski definition) is 1. The van der Waals surface area contributed by atoms with Crippen LogP contribution in [-0.2, 0) is 0 Å². The van der Waals surface area contributed by atoms with Crippen molar-refractivity contribution >= 4 is 5.91 Å². The molecule has 1 aliphatic heterocycles. The van der Waals surface area contributed by atoms with Crippen LogP contribution in [-0.4, -0.2) is 34.9 Å². The zero-order valence-electron chi connectivity index (χ0n) is 9.47. The van der Waals surface area contributed by atoms with Gasteiger partial charge in [-0.2, -0.15) is 0 Å². The van der Waals surface area contributed by atoms with Gasteiger partial charge in [0.05, 0.1) is 0 Å². The van der Waals surface area contributed by atoms with E-state index in [4.69, 9.17) is 5.73 Å². The summed E-state index contributed by atoms with van der Waals surface area (Å²) in [6, 6.07) is 3.80. The van der Waals surface area contributed by atoms with Crippen LogP contribution >= 0.6 is 0 Å². The van der Waals surface area contributed by atoms with E-state index in [1.807, 2.05) is 4.90 Å². The predicted octanol–water partition coefficient (Wildman–Crippen LogP) is 0.891. The largest absolute Gasteiger partial charge is 0.336 e. The molecule has 1 aliphatic rings. The molecule has 1 aromatic rings. The number of rotatable bonds is 2. The molecule has 0 aliphatic carbocycles. The maximum absolute atomic E-state index is 12.2. The Labute approximate surface area is 95.5 Å². The third-order valence-electron chi connectivity index (χ3n) is 3.18. The number of carbonyl (C=O) groups excluding carboxylic acids is 1. The Morgan fingerprint density at radius 3 is 2.81 bits per heavy atom. The molecule has 4 nitrogen and oxygen atoms in total. The lowest BCUT2D eigenvalue weighted by atomic mass is 10.1. The van der Waals surface area contributed by atoms with Crippen molar-refractivity contribution in [3.63, 3.8) is 0 Å². The quantitative estimate of drug-likeness (QED) is 0.803. The average molecular weight is 219 g/mol. The minimum Gasteiger partial charge on any atom is -0.336 e. The number of carbonyl (C=O) groups is 1. The standard InChI is InChI=1S/C12H17N3O/c1-9-6-10(7-13)8-15(9)12(16)11-2-4-14-5-3-11/h2-5,9-10H,6-8,13H2,1H3. The van der Waals surface area contributed by atoms with Gasteiger partial charge in [-0.15, -0.1) is 0 Å². The van der Waals surface area contributed by atoms with E-state index >= 15 is 0 Å². The SMILES string of the molecule is CC1CC(CN)CN1C(=O)c1ccncc1. The van der Waals surface area contributed by atoms with Crippen molar-refractivity contribution in [3.05, 3.63) is 30.1 Å². The first kappa shape index (κ1) is 11.1. The van der Waals surface area contributed by atoms with Crippen LogP contribution in [0.1, 0.15) is 23.7 Å². The molecule has 2 unspecified atom stereocenters. The van der Waals surface area contributed by atoms with Gasteiger partial charge in [0.1, 0.15) is 0 Å². The summed E-state index contributed by atoms with van der Waals surface area (Å²) in [6.07, 6.45) is 4.30. The lowest BCUT2D eigenvalue weighted by Gasteiger charge is -2.21. The number of nitrogens with two attached hydrogens (primary N) is 1. The maximum atomic E-state index is 12.2. The Balaban J connectivity index is 2.11. The van der Waals surface area contributed by atoms with E-state index in [1.165, 1.54) is 0 Å². The Bertz CT molecular complexity index is 366. The highest BCUT2D eigenvalue weighted by atomic mass is 16.2. The summed E-state index contributed by atoms with van der Waals surface area (Å²) in [7, 11) is 0. The summed E-state index contributed by atoms with van der Waals surface area (Å²) in [5.74, 6) is 0.534. The highest BCUT2D eigenvalue weighted by Gasteiger charge is 2.31. The molecular formula is C12H17N3O. The highest BCUT2D eigenvalue weighted by molar-refractivity contribution is 5.94. The summed E-state index contributed by atoms with van der Waals surface area (Å²) < 4.78 is 0. The lowest BCUT2D eigenvalue weighted by molar-refractivity contribution is 0.0743. The van der Waals surface area contributed by atoms with Gasteiger partial charge in [0.15, 0.2) is 0 Å². The minimum atomic E-state index is 0.0888. The Hall–Kier alpha value is -1.42. The van der Waals surface area contributed by atoms with E-state index in [0.29, 0.717) is 18.0 Å².